The fourth-order valence-electron chi connectivity index (χ4n) is 2.12. The molecule has 1 atom stereocenters. The van der Waals surface area contributed by atoms with E-state index in [-0.39, 0.29) is 13.2 Å². The molecule has 0 aliphatic carbocycles. The van der Waals surface area contributed by atoms with Gasteiger partial charge < -0.3 is 10.1 Å². The normalized spacial score (nSPS) is 12.4. The number of sulfone groups is 1. The van der Waals surface area contributed by atoms with Gasteiger partial charge in [0.25, 0.3) is 0 Å². The number of hydrogen-bond acceptors (Lipinski definition) is 4. The van der Waals surface area contributed by atoms with E-state index in [4.69, 9.17) is 4.74 Å². The van der Waals surface area contributed by atoms with Crippen molar-refractivity contribution in [3.63, 3.8) is 0 Å². The molecule has 1 amide bonds. The Bertz CT molecular complexity index is 788. The molecule has 0 bridgehead atoms. The summed E-state index contributed by atoms with van der Waals surface area (Å²) >= 11 is 0. The molecule has 24 heavy (non-hydrogen) atoms. The maximum atomic E-state index is 11.7. The molecule has 0 fully saturated rings. The number of benzene rings is 2. The minimum atomic E-state index is -3.39. The van der Waals surface area contributed by atoms with E-state index in [0.29, 0.717) is 5.75 Å². The van der Waals surface area contributed by atoms with Crippen molar-refractivity contribution < 1.29 is 17.9 Å². The van der Waals surface area contributed by atoms with Gasteiger partial charge in [-0.05, 0) is 18.6 Å². The Morgan fingerprint density at radius 3 is 2.38 bits per heavy atom. The van der Waals surface area contributed by atoms with E-state index in [9.17, 15) is 13.2 Å². The van der Waals surface area contributed by atoms with E-state index >= 15 is 0 Å². The molecule has 0 aliphatic heterocycles. The molecule has 0 spiro atoms. The number of ether oxygens (including phenoxy) is 1. The van der Waals surface area contributed by atoms with Crippen molar-refractivity contribution >= 4 is 15.7 Å². The van der Waals surface area contributed by atoms with Crippen molar-refractivity contribution in [1.82, 2.24) is 5.32 Å². The van der Waals surface area contributed by atoms with Crippen molar-refractivity contribution in [2.75, 3.05) is 19.4 Å². The number of amides is 1. The Morgan fingerprint density at radius 1 is 1.08 bits per heavy atom. The van der Waals surface area contributed by atoms with Crippen LogP contribution in [0.2, 0.25) is 0 Å². The van der Waals surface area contributed by atoms with E-state index in [2.05, 4.69) is 5.32 Å². The van der Waals surface area contributed by atoms with Gasteiger partial charge in [0.15, 0.2) is 9.84 Å². The van der Waals surface area contributed by atoms with Gasteiger partial charge >= 0.3 is 0 Å². The Labute approximate surface area is 142 Å². The smallest absolute Gasteiger partial charge is 0.238 e. The largest absolute Gasteiger partial charge is 0.491 e. The van der Waals surface area contributed by atoms with Crippen LogP contribution in [0.5, 0.6) is 5.75 Å². The van der Waals surface area contributed by atoms with Crippen molar-refractivity contribution in [2.24, 2.45) is 0 Å². The second-order valence-electron chi connectivity index (χ2n) is 5.47. The van der Waals surface area contributed by atoms with Crippen LogP contribution in [0.15, 0.2) is 54.6 Å². The second kappa shape index (κ2) is 7.97. The molecule has 0 saturated carbocycles. The molecule has 2 rings (SSSR count). The highest BCUT2D eigenvalue weighted by Gasteiger charge is 2.22. The number of para-hydroxylation sites is 1. The number of nitrogens with one attached hydrogen (secondary N) is 1. The standard InChI is InChI=1S/C18H21NO4S/c1-14(24(2,21)22)18(20)19-12-13-23-17-11-7-6-10-16(17)15-8-4-3-5-9-15/h3-11,14H,12-13H2,1-2H3,(H,19,20)/t14-/m0/s1. The molecular formula is C18H21NO4S. The topological polar surface area (TPSA) is 72.5 Å². The van der Waals surface area contributed by atoms with Gasteiger partial charge in [-0.25, -0.2) is 8.42 Å². The summed E-state index contributed by atoms with van der Waals surface area (Å²) in [6.07, 6.45) is 1.05. The zero-order valence-corrected chi connectivity index (χ0v) is 14.5. The zero-order valence-electron chi connectivity index (χ0n) is 13.7. The Hall–Kier alpha value is -2.34. The predicted octanol–water partition coefficient (Wildman–Crippen LogP) is 2.28. The molecule has 2 aromatic carbocycles. The molecule has 0 saturated heterocycles. The molecule has 0 aromatic heterocycles. The van der Waals surface area contributed by atoms with Crippen molar-refractivity contribution in [3.05, 3.63) is 54.6 Å². The molecule has 0 radical (unpaired) electrons. The summed E-state index contributed by atoms with van der Waals surface area (Å²) in [5, 5.41) is 1.51. The van der Waals surface area contributed by atoms with Gasteiger partial charge in [0.2, 0.25) is 5.91 Å². The van der Waals surface area contributed by atoms with Crippen LogP contribution < -0.4 is 10.1 Å². The first kappa shape index (κ1) is 18.0. The SMILES string of the molecule is C[C@@H](C(=O)NCCOc1ccccc1-c1ccccc1)S(C)(=O)=O. The lowest BCUT2D eigenvalue weighted by Gasteiger charge is -2.13. The van der Waals surface area contributed by atoms with Crippen LogP contribution in [-0.2, 0) is 14.6 Å². The lowest BCUT2D eigenvalue weighted by molar-refractivity contribution is -0.120. The molecule has 0 unspecified atom stereocenters. The first-order valence-corrected chi connectivity index (χ1v) is 9.59. The predicted molar refractivity (Wildman–Crippen MR) is 94.7 cm³/mol. The first-order chi connectivity index (χ1) is 11.4. The number of carbonyl (C=O) groups excluding carboxylic acids is 1. The summed E-state index contributed by atoms with van der Waals surface area (Å²) in [5.74, 6) is 0.201. The Morgan fingerprint density at radius 2 is 1.71 bits per heavy atom. The first-order valence-electron chi connectivity index (χ1n) is 7.63. The van der Waals surface area contributed by atoms with E-state index in [0.717, 1.165) is 17.4 Å². The third-order valence-electron chi connectivity index (χ3n) is 3.64. The van der Waals surface area contributed by atoms with E-state index in [1.807, 2.05) is 54.6 Å². The fourth-order valence-corrected chi connectivity index (χ4v) is 2.59. The van der Waals surface area contributed by atoms with Crippen LogP contribution in [0, 0.1) is 0 Å². The van der Waals surface area contributed by atoms with Gasteiger partial charge in [0, 0.05) is 11.8 Å². The van der Waals surface area contributed by atoms with Crippen molar-refractivity contribution in [3.8, 4) is 16.9 Å². The molecule has 0 aliphatic rings. The quantitative estimate of drug-likeness (QED) is 0.780. The maximum absolute atomic E-state index is 11.7. The third-order valence-corrected chi connectivity index (χ3v) is 5.14. The average Bonchev–Trinajstić information content (AvgIpc) is 2.58. The molecule has 2 aromatic rings. The van der Waals surface area contributed by atoms with Crippen molar-refractivity contribution in [2.45, 2.75) is 12.2 Å². The molecule has 128 valence electrons. The summed E-state index contributed by atoms with van der Waals surface area (Å²) in [4.78, 5) is 11.7. The molecular weight excluding hydrogens is 326 g/mol. The number of carbonyl (C=O) groups is 1. The summed E-state index contributed by atoms with van der Waals surface area (Å²) in [7, 11) is -3.39. The van der Waals surface area contributed by atoms with Gasteiger partial charge in [-0.2, -0.15) is 0 Å². The summed E-state index contributed by atoms with van der Waals surface area (Å²) in [5.41, 5.74) is 2.01. The molecule has 0 heterocycles. The third kappa shape index (κ3) is 4.83. The van der Waals surface area contributed by atoms with Crippen LogP contribution in [0.25, 0.3) is 11.1 Å². The van der Waals surface area contributed by atoms with E-state index in [1.165, 1.54) is 6.92 Å². The minimum Gasteiger partial charge on any atom is -0.491 e. The van der Waals surface area contributed by atoms with Crippen LogP contribution in [-0.4, -0.2) is 39.0 Å². The lowest BCUT2D eigenvalue weighted by atomic mass is 10.1. The van der Waals surface area contributed by atoms with Gasteiger partial charge in [-0.15, -0.1) is 0 Å². The van der Waals surface area contributed by atoms with Crippen LogP contribution in [0.4, 0.5) is 0 Å². The maximum Gasteiger partial charge on any atom is 0.238 e. The highest BCUT2D eigenvalue weighted by molar-refractivity contribution is 7.92. The minimum absolute atomic E-state index is 0.238. The monoisotopic (exact) mass is 347 g/mol. The Kier molecular flexibility index (Phi) is 5.98. The van der Waals surface area contributed by atoms with Gasteiger partial charge in [0.05, 0.1) is 6.54 Å². The fraction of sp³-hybridized carbons (Fsp3) is 0.278. The zero-order chi connectivity index (χ0) is 17.6. The highest BCUT2D eigenvalue weighted by Crippen LogP contribution is 2.29. The molecule has 1 N–H and O–H groups in total. The van der Waals surface area contributed by atoms with Crippen LogP contribution >= 0.6 is 0 Å². The van der Waals surface area contributed by atoms with Crippen molar-refractivity contribution in [1.29, 1.82) is 0 Å². The van der Waals surface area contributed by atoms with E-state index < -0.39 is 21.0 Å². The summed E-state index contributed by atoms with van der Waals surface area (Å²) < 4.78 is 28.4. The van der Waals surface area contributed by atoms with Gasteiger partial charge in [0.1, 0.15) is 17.6 Å². The molecule has 5 nitrogen and oxygen atoms in total. The highest BCUT2D eigenvalue weighted by atomic mass is 32.2. The van der Waals surface area contributed by atoms with Crippen LogP contribution in [0.3, 0.4) is 0 Å². The number of hydrogen-bond donors (Lipinski definition) is 1. The second-order valence-corrected chi connectivity index (χ2v) is 7.84. The van der Waals surface area contributed by atoms with Gasteiger partial charge in [-0.3, -0.25) is 4.79 Å². The van der Waals surface area contributed by atoms with Crippen LogP contribution in [0.1, 0.15) is 6.92 Å². The number of rotatable bonds is 7. The average molecular weight is 347 g/mol. The lowest BCUT2D eigenvalue weighted by Crippen LogP contribution is -2.39. The van der Waals surface area contributed by atoms with E-state index in [1.54, 1.807) is 0 Å². The summed E-state index contributed by atoms with van der Waals surface area (Å²) in [6.45, 7) is 1.87. The Balaban J connectivity index is 1.93. The summed E-state index contributed by atoms with van der Waals surface area (Å²) in [6, 6.07) is 17.5. The van der Waals surface area contributed by atoms with Gasteiger partial charge in [-0.1, -0.05) is 48.5 Å². The molecule has 6 heteroatoms.